The van der Waals surface area contributed by atoms with Crippen LogP contribution < -0.4 is 0 Å². The van der Waals surface area contributed by atoms with Crippen LogP contribution in [0, 0.1) is 11.2 Å². The molecule has 0 saturated carbocycles. The first-order chi connectivity index (χ1) is 6.47. The van der Waals surface area contributed by atoms with Crippen LogP contribution >= 0.6 is 0 Å². The first-order valence-electron chi connectivity index (χ1n) is 4.89. The van der Waals surface area contributed by atoms with Crippen LogP contribution in [0.3, 0.4) is 0 Å². The monoisotopic (exact) mass is 192 g/mol. The Morgan fingerprint density at radius 3 is 2.21 bits per heavy atom. The Labute approximate surface area is 85.5 Å². The fraction of sp³-hybridized carbons (Fsp3) is 0.385. The molecule has 1 rings (SSSR count). The summed E-state index contributed by atoms with van der Waals surface area (Å²) in [6.07, 6.45) is 5.18. The molecule has 0 unspecified atom stereocenters. The largest absolute Gasteiger partial charge is 0.207 e. The number of halogens is 1. The average Bonchev–Trinajstić information content (AvgIpc) is 2.06. The second-order valence-electron chi connectivity index (χ2n) is 4.60. The minimum atomic E-state index is -0.173. The maximum Gasteiger partial charge on any atom is 0.123 e. The van der Waals surface area contributed by atoms with Gasteiger partial charge in [-0.2, -0.15) is 0 Å². The van der Waals surface area contributed by atoms with Crippen molar-refractivity contribution in [1.82, 2.24) is 0 Å². The molecular formula is C13H17F. The van der Waals surface area contributed by atoms with Crippen LogP contribution in [0.5, 0.6) is 0 Å². The lowest BCUT2D eigenvalue weighted by atomic mass is 9.95. The Morgan fingerprint density at radius 2 is 1.71 bits per heavy atom. The summed E-state index contributed by atoms with van der Waals surface area (Å²) in [5, 5.41) is 0. The third-order valence-corrected chi connectivity index (χ3v) is 1.88. The van der Waals surface area contributed by atoms with Gasteiger partial charge < -0.3 is 0 Å². The Hall–Kier alpha value is -1.11. The number of rotatable bonds is 2. The van der Waals surface area contributed by atoms with Crippen LogP contribution in [0.25, 0.3) is 0 Å². The van der Waals surface area contributed by atoms with Crippen LogP contribution in [0.15, 0.2) is 36.4 Å². The van der Waals surface area contributed by atoms with Gasteiger partial charge in [-0.25, -0.2) is 4.39 Å². The Bertz CT molecular complexity index is 301. The SMILES string of the molecule is CC(C)(C)/C=C/Cc1ccc(F)cc1. The summed E-state index contributed by atoms with van der Waals surface area (Å²) in [6, 6.07) is 6.64. The van der Waals surface area contributed by atoms with Crippen molar-refractivity contribution in [2.24, 2.45) is 5.41 Å². The van der Waals surface area contributed by atoms with E-state index in [2.05, 4.69) is 32.9 Å². The van der Waals surface area contributed by atoms with Crippen LogP contribution in [-0.4, -0.2) is 0 Å². The first kappa shape index (κ1) is 11.0. The Kier molecular flexibility index (Phi) is 3.45. The highest BCUT2D eigenvalue weighted by atomic mass is 19.1. The molecule has 0 aliphatic rings. The summed E-state index contributed by atoms with van der Waals surface area (Å²) in [6.45, 7) is 6.48. The smallest absolute Gasteiger partial charge is 0.123 e. The molecule has 0 atom stereocenters. The van der Waals surface area contributed by atoms with Gasteiger partial charge in [0.1, 0.15) is 5.82 Å². The summed E-state index contributed by atoms with van der Waals surface area (Å²) < 4.78 is 12.6. The standard InChI is InChI=1S/C13H17F/c1-13(2,3)10-4-5-11-6-8-12(14)9-7-11/h4,6-10H,5H2,1-3H3/b10-4+. The molecule has 0 nitrogen and oxygen atoms in total. The van der Waals surface area contributed by atoms with Crippen LogP contribution in [0.1, 0.15) is 26.3 Å². The van der Waals surface area contributed by atoms with Gasteiger partial charge in [-0.3, -0.25) is 0 Å². The molecule has 0 bridgehead atoms. The zero-order chi connectivity index (χ0) is 10.6. The molecule has 0 amide bonds. The topological polar surface area (TPSA) is 0 Å². The van der Waals surface area contributed by atoms with Gasteiger partial charge in [0.2, 0.25) is 0 Å². The normalized spacial score (nSPS) is 12.3. The van der Waals surface area contributed by atoms with Crippen LogP contribution in [-0.2, 0) is 6.42 Å². The second kappa shape index (κ2) is 4.41. The van der Waals surface area contributed by atoms with E-state index in [9.17, 15) is 4.39 Å². The minimum absolute atomic E-state index is 0.173. The maximum atomic E-state index is 12.6. The molecule has 0 aliphatic heterocycles. The number of hydrogen-bond donors (Lipinski definition) is 0. The van der Waals surface area contributed by atoms with Crippen molar-refractivity contribution in [2.45, 2.75) is 27.2 Å². The van der Waals surface area contributed by atoms with Crippen LogP contribution in [0.4, 0.5) is 4.39 Å². The average molecular weight is 192 g/mol. The predicted molar refractivity (Wildman–Crippen MR) is 58.7 cm³/mol. The van der Waals surface area contributed by atoms with Crippen LogP contribution in [0.2, 0.25) is 0 Å². The quantitative estimate of drug-likeness (QED) is 0.622. The number of hydrogen-bond acceptors (Lipinski definition) is 0. The number of allylic oxidation sites excluding steroid dienone is 2. The van der Waals surface area contributed by atoms with Gasteiger partial charge in [0.25, 0.3) is 0 Å². The molecule has 0 fully saturated rings. The summed E-state index contributed by atoms with van der Waals surface area (Å²) in [5.41, 5.74) is 1.37. The third kappa shape index (κ3) is 4.22. The predicted octanol–water partition coefficient (Wildman–Crippen LogP) is 3.97. The molecule has 0 aliphatic carbocycles. The van der Waals surface area contributed by atoms with Gasteiger partial charge in [0.05, 0.1) is 0 Å². The van der Waals surface area contributed by atoms with Crippen molar-refractivity contribution >= 4 is 0 Å². The maximum absolute atomic E-state index is 12.6. The van der Waals surface area contributed by atoms with E-state index < -0.39 is 0 Å². The van der Waals surface area contributed by atoms with Crippen molar-refractivity contribution in [3.63, 3.8) is 0 Å². The highest BCUT2D eigenvalue weighted by molar-refractivity contribution is 5.18. The Morgan fingerprint density at radius 1 is 1.14 bits per heavy atom. The molecule has 14 heavy (non-hydrogen) atoms. The molecule has 1 heteroatoms. The van der Waals surface area contributed by atoms with E-state index in [1.807, 2.05) is 12.1 Å². The molecule has 0 saturated heterocycles. The second-order valence-corrected chi connectivity index (χ2v) is 4.60. The van der Waals surface area contributed by atoms with E-state index in [0.29, 0.717) is 0 Å². The minimum Gasteiger partial charge on any atom is -0.207 e. The molecule has 0 radical (unpaired) electrons. The van der Waals surface area contributed by atoms with Gasteiger partial charge in [0, 0.05) is 0 Å². The lowest BCUT2D eigenvalue weighted by Crippen LogP contribution is -1.98. The van der Waals surface area contributed by atoms with E-state index in [0.717, 1.165) is 12.0 Å². The fourth-order valence-electron chi connectivity index (χ4n) is 1.17. The summed E-state index contributed by atoms with van der Waals surface area (Å²) in [7, 11) is 0. The van der Waals surface area contributed by atoms with E-state index in [4.69, 9.17) is 0 Å². The molecule has 0 aromatic heterocycles. The van der Waals surface area contributed by atoms with Gasteiger partial charge >= 0.3 is 0 Å². The van der Waals surface area contributed by atoms with Crippen molar-refractivity contribution in [1.29, 1.82) is 0 Å². The molecule has 0 spiro atoms. The zero-order valence-corrected chi connectivity index (χ0v) is 9.05. The Balaban J connectivity index is 2.54. The van der Waals surface area contributed by atoms with Crippen molar-refractivity contribution in [3.05, 3.63) is 47.8 Å². The summed E-state index contributed by atoms with van der Waals surface area (Å²) >= 11 is 0. The molecule has 76 valence electrons. The molecule has 0 heterocycles. The van der Waals surface area contributed by atoms with Gasteiger partial charge in [-0.1, -0.05) is 45.1 Å². The number of benzene rings is 1. The van der Waals surface area contributed by atoms with Crippen molar-refractivity contribution in [2.75, 3.05) is 0 Å². The van der Waals surface area contributed by atoms with Gasteiger partial charge in [-0.05, 0) is 29.5 Å². The highest BCUT2D eigenvalue weighted by Gasteiger charge is 2.02. The molecule has 1 aromatic carbocycles. The third-order valence-electron chi connectivity index (χ3n) is 1.88. The van der Waals surface area contributed by atoms with E-state index in [1.54, 1.807) is 0 Å². The van der Waals surface area contributed by atoms with E-state index >= 15 is 0 Å². The molecular weight excluding hydrogens is 175 g/mol. The lowest BCUT2D eigenvalue weighted by molar-refractivity contribution is 0.542. The first-order valence-corrected chi connectivity index (χ1v) is 4.89. The lowest BCUT2D eigenvalue weighted by Gasteiger charge is -2.10. The van der Waals surface area contributed by atoms with Gasteiger partial charge in [0.15, 0.2) is 0 Å². The molecule has 0 N–H and O–H groups in total. The molecule has 1 aromatic rings. The van der Waals surface area contributed by atoms with Crippen molar-refractivity contribution in [3.8, 4) is 0 Å². The van der Waals surface area contributed by atoms with E-state index in [-0.39, 0.29) is 11.2 Å². The summed E-state index contributed by atoms with van der Waals surface area (Å²) in [4.78, 5) is 0. The van der Waals surface area contributed by atoms with Crippen molar-refractivity contribution < 1.29 is 4.39 Å². The van der Waals surface area contributed by atoms with Gasteiger partial charge in [-0.15, -0.1) is 0 Å². The zero-order valence-electron chi connectivity index (χ0n) is 9.05. The summed E-state index contributed by atoms with van der Waals surface area (Å²) in [5.74, 6) is -0.173. The highest BCUT2D eigenvalue weighted by Crippen LogP contribution is 2.15. The fourth-order valence-corrected chi connectivity index (χ4v) is 1.17. The van der Waals surface area contributed by atoms with E-state index in [1.165, 1.54) is 12.1 Å².